The Hall–Kier alpha value is -1.51. The molecule has 0 amide bonds. The molecule has 0 heterocycles. The van der Waals surface area contributed by atoms with Crippen molar-refractivity contribution in [3.8, 4) is 5.75 Å². The van der Waals surface area contributed by atoms with E-state index >= 15 is 0 Å². The molecule has 1 rings (SSSR count). The summed E-state index contributed by atoms with van der Waals surface area (Å²) in [5.41, 5.74) is 2.14. The van der Waals surface area contributed by atoms with Crippen molar-refractivity contribution in [3.05, 3.63) is 28.8 Å². The molecule has 3 nitrogen and oxygen atoms in total. The summed E-state index contributed by atoms with van der Waals surface area (Å²) in [6.45, 7) is 9.63. The van der Waals surface area contributed by atoms with Crippen molar-refractivity contribution in [2.45, 2.75) is 52.4 Å². The van der Waals surface area contributed by atoms with Crippen molar-refractivity contribution in [2.75, 3.05) is 0 Å². The highest BCUT2D eigenvalue weighted by Gasteiger charge is 2.25. The average Bonchev–Trinajstić information content (AvgIpc) is 2.31. The van der Waals surface area contributed by atoms with Crippen molar-refractivity contribution < 1.29 is 15.0 Å². The zero-order valence-corrected chi connectivity index (χ0v) is 11.7. The van der Waals surface area contributed by atoms with Crippen LogP contribution in [0.5, 0.6) is 5.75 Å². The van der Waals surface area contributed by atoms with E-state index in [9.17, 15) is 9.90 Å². The highest BCUT2D eigenvalue weighted by Crippen LogP contribution is 2.37. The number of aromatic hydroxyl groups is 1. The molecule has 0 aromatic heterocycles. The molecule has 0 saturated carbocycles. The first-order valence-corrected chi connectivity index (χ1v) is 6.27. The SMILES string of the molecule is CCC(C)(C)c1cc(C(C)C(=O)O)cc(C)c1O. The van der Waals surface area contributed by atoms with Gasteiger partial charge in [-0.3, -0.25) is 4.79 Å². The summed E-state index contributed by atoms with van der Waals surface area (Å²) in [4.78, 5) is 11.1. The standard InChI is InChI=1S/C15H22O3/c1-6-15(4,5)12-8-11(10(3)14(17)18)7-9(2)13(12)16/h7-8,10,16H,6H2,1-5H3,(H,17,18). The number of benzene rings is 1. The Morgan fingerprint density at radius 2 is 1.94 bits per heavy atom. The van der Waals surface area contributed by atoms with Crippen LogP contribution in [0.2, 0.25) is 0 Å². The summed E-state index contributed by atoms with van der Waals surface area (Å²) in [5, 5.41) is 19.2. The third-order valence-corrected chi connectivity index (χ3v) is 3.81. The van der Waals surface area contributed by atoms with Gasteiger partial charge < -0.3 is 10.2 Å². The molecule has 1 atom stereocenters. The van der Waals surface area contributed by atoms with Gasteiger partial charge >= 0.3 is 5.97 Å². The van der Waals surface area contributed by atoms with Crippen molar-refractivity contribution >= 4 is 5.97 Å². The fourth-order valence-electron chi connectivity index (χ4n) is 1.91. The highest BCUT2D eigenvalue weighted by molar-refractivity contribution is 5.76. The fraction of sp³-hybridized carbons (Fsp3) is 0.533. The highest BCUT2D eigenvalue weighted by atomic mass is 16.4. The van der Waals surface area contributed by atoms with Crippen LogP contribution in [-0.2, 0) is 10.2 Å². The van der Waals surface area contributed by atoms with E-state index in [0.717, 1.165) is 23.1 Å². The van der Waals surface area contributed by atoms with Crippen LogP contribution in [0, 0.1) is 6.92 Å². The lowest BCUT2D eigenvalue weighted by molar-refractivity contribution is -0.138. The quantitative estimate of drug-likeness (QED) is 0.858. The minimum Gasteiger partial charge on any atom is -0.507 e. The van der Waals surface area contributed by atoms with Crippen LogP contribution in [0.15, 0.2) is 12.1 Å². The van der Waals surface area contributed by atoms with E-state index in [1.165, 1.54) is 0 Å². The van der Waals surface area contributed by atoms with Crippen molar-refractivity contribution in [3.63, 3.8) is 0 Å². The fourth-order valence-corrected chi connectivity index (χ4v) is 1.91. The van der Waals surface area contributed by atoms with Crippen molar-refractivity contribution in [1.82, 2.24) is 0 Å². The molecule has 0 fully saturated rings. The minimum absolute atomic E-state index is 0.164. The van der Waals surface area contributed by atoms with E-state index in [-0.39, 0.29) is 11.2 Å². The van der Waals surface area contributed by atoms with Gasteiger partial charge in [-0.1, -0.05) is 32.9 Å². The molecule has 1 unspecified atom stereocenters. The number of aryl methyl sites for hydroxylation is 1. The van der Waals surface area contributed by atoms with Crippen LogP contribution in [0.1, 0.15) is 56.7 Å². The second-order valence-electron chi connectivity index (χ2n) is 5.53. The van der Waals surface area contributed by atoms with Gasteiger partial charge in [-0.15, -0.1) is 0 Å². The van der Waals surface area contributed by atoms with Crippen LogP contribution >= 0.6 is 0 Å². The van der Waals surface area contributed by atoms with Gasteiger partial charge in [0.15, 0.2) is 0 Å². The molecule has 1 aromatic carbocycles. The molecule has 1 aromatic rings. The molecule has 100 valence electrons. The molecule has 0 aliphatic carbocycles. The topological polar surface area (TPSA) is 57.5 Å². The normalized spacial score (nSPS) is 13.4. The second-order valence-corrected chi connectivity index (χ2v) is 5.53. The van der Waals surface area contributed by atoms with E-state index < -0.39 is 11.9 Å². The number of aliphatic carboxylic acids is 1. The first-order chi connectivity index (χ1) is 8.20. The molecule has 2 N–H and O–H groups in total. The van der Waals surface area contributed by atoms with Gasteiger partial charge in [0.25, 0.3) is 0 Å². The maximum atomic E-state index is 11.1. The van der Waals surface area contributed by atoms with Gasteiger partial charge in [0.2, 0.25) is 0 Å². The lowest BCUT2D eigenvalue weighted by Crippen LogP contribution is -2.17. The van der Waals surface area contributed by atoms with Gasteiger partial charge in [0.1, 0.15) is 5.75 Å². The number of rotatable bonds is 4. The molecular formula is C15H22O3. The number of phenols is 1. The largest absolute Gasteiger partial charge is 0.507 e. The summed E-state index contributed by atoms with van der Waals surface area (Å²) in [5.74, 6) is -1.13. The number of carbonyl (C=O) groups is 1. The molecule has 0 bridgehead atoms. The monoisotopic (exact) mass is 250 g/mol. The maximum Gasteiger partial charge on any atom is 0.310 e. The Morgan fingerprint density at radius 3 is 2.39 bits per heavy atom. The second kappa shape index (κ2) is 5.01. The Bertz CT molecular complexity index is 461. The van der Waals surface area contributed by atoms with E-state index in [0.29, 0.717) is 0 Å². The lowest BCUT2D eigenvalue weighted by Gasteiger charge is -2.26. The summed E-state index contributed by atoms with van der Waals surface area (Å²) < 4.78 is 0. The molecule has 3 heteroatoms. The van der Waals surface area contributed by atoms with Gasteiger partial charge in [0, 0.05) is 5.56 Å². The first-order valence-electron chi connectivity index (χ1n) is 6.27. The van der Waals surface area contributed by atoms with Crippen LogP contribution in [0.4, 0.5) is 0 Å². The molecule has 0 aliphatic rings. The van der Waals surface area contributed by atoms with E-state index in [2.05, 4.69) is 20.8 Å². The molecule has 0 saturated heterocycles. The molecule has 0 radical (unpaired) electrons. The van der Waals surface area contributed by atoms with Gasteiger partial charge in [-0.2, -0.15) is 0 Å². The zero-order valence-electron chi connectivity index (χ0n) is 11.7. The van der Waals surface area contributed by atoms with Crippen LogP contribution in [0.25, 0.3) is 0 Å². The molecule has 0 aliphatic heterocycles. The van der Waals surface area contributed by atoms with Gasteiger partial charge in [-0.25, -0.2) is 0 Å². The van der Waals surface area contributed by atoms with E-state index in [4.69, 9.17) is 5.11 Å². The first kappa shape index (κ1) is 14.6. The molecule has 0 spiro atoms. The van der Waals surface area contributed by atoms with Crippen molar-refractivity contribution in [1.29, 1.82) is 0 Å². The number of phenolic OH excluding ortho intramolecular Hbond substituents is 1. The third kappa shape index (κ3) is 2.66. The summed E-state index contributed by atoms with van der Waals surface area (Å²) in [7, 11) is 0. The van der Waals surface area contributed by atoms with Crippen LogP contribution < -0.4 is 0 Å². The maximum absolute atomic E-state index is 11.1. The van der Waals surface area contributed by atoms with E-state index in [1.54, 1.807) is 13.0 Å². The summed E-state index contributed by atoms with van der Waals surface area (Å²) in [6, 6.07) is 3.58. The van der Waals surface area contributed by atoms with Gasteiger partial charge in [-0.05, 0) is 36.8 Å². The molecule has 18 heavy (non-hydrogen) atoms. The Kier molecular flexibility index (Phi) is 4.05. The number of carboxylic acid groups (broad SMARTS) is 1. The van der Waals surface area contributed by atoms with Crippen LogP contribution in [-0.4, -0.2) is 16.2 Å². The van der Waals surface area contributed by atoms with E-state index in [1.807, 2.05) is 13.0 Å². The summed E-state index contributed by atoms with van der Waals surface area (Å²) in [6.07, 6.45) is 0.880. The van der Waals surface area contributed by atoms with Gasteiger partial charge in [0.05, 0.1) is 5.92 Å². The minimum atomic E-state index is -0.847. The Balaban J connectivity index is 3.40. The number of hydrogen-bond acceptors (Lipinski definition) is 2. The summed E-state index contributed by atoms with van der Waals surface area (Å²) >= 11 is 0. The number of carboxylic acids is 1. The lowest BCUT2D eigenvalue weighted by atomic mass is 9.79. The average molecular weight is 250 g/mol. The number of hydrogen-bond donors (Lipinski definition) is 2. The molecular weight excluding hydrogens is 228 g/mol. The third-order valence-electron chi connectivity index (χ3n) is 3.81. The Morgan fingerprint density at radius 1 is 1.39 bits per heavy atom. The van der Waals surface area contributed by atoms with Crippen molar-refractivity contribution in [2.24, 2.45) is 0 Å². The zero-order chi connectivity index (χ0) is 14.1. The predicted octanol–water partition coefficient (Wildman–Crippen LogP) is 3.58. The predicted molar refractivity (Wildman–Crippen MR) is 72.2 cm³/mol. The smallest absolute Gasteiger partial charge is 0.310 e. The van der Waals surface area contributed by atoms with Crippen LogP contribution in [0.3, 0.4) is 0 Å². The Labute approximate surface area is 108 Å².